The maximum absolute atomic E-state index is 5.54. The first-order chi connectivity index (χ1) is 8.46. The summed E-state index contributed by atoms with van der Waals surface area (Å²) in [6.45, 7) is 7.89. The van der Waals surface area contributed by atoms with Crippen LogP contribution in [-0.2, 0) is 0 Å². The maximum Gasteiger partial charge on any atom is 0.218 e. The molecule has 0 aliphatic carbocycles. The van der Waals surface area contributed by atoms with E-state index in [4.69, 9.17) is 10.5 Å². The predicted molar refractivity (Wildman–Crippen MR) is 73.9 cm³/mol. The lowest BCUT2D eigenvalue weighted by Gasteiger charge is -2.25. The van der Waals surface area contributed by atoms with Gasteiger partial charge in [-0.15, -0.1) is 0 Å². The molecule has 1 aromatic heterocycles. The molecule has 1 rings (SSSR count). The molecule has 5 heteroatoms. The molecule has 0 unspecified atom stereocenters. The van der Waals surface area contributed by atoms with E-state index in [1.165, 1.54) is 0 Å². The fourth-order valence-corrected chi connectivity index (χ4v) is 1.73. The molecule has 0 saturated heterocycles. The molecule has 18 heavy (non-hydrogen) atoms. The van der Waals surface area contributed by atoms with Crippen LogP contribution in [0.15, 0.2) is 6.07 Å². The Morgan fingerprint density at radius 1 is 1.39 bits per heavy atom. The Bertz CT molecular complexity index is 379. The van der Waals surface area contributed by atoms with Crippen LogP contribution in [-0.4, -0.2) is 30.2 Å². The topological polar surface area (TPSA) is 73.1 Å². The summed E-state index contributed by atoms with van der Waals surface area (Å²) < 4.78 is 5.12. The highest BCUT2D eigenvalue weighted by atomic mass is 16.5. The van der Waals surface area contributed by atoms with E-state index >= 15 is 0 Å². The van der Waals surface area contributed by atoms with E-state index in [-0.39, 0.29) is 5.41 Å². The van der Waals surface area contributed by atoms with Crippen molar-refractivity contribution in [2.45, 2.75) is 33.6 Å². The fraction of sp³-hybridized carbons (Fsp3) is 0.692. The molecule has 0 amide bonds. The zero-order chi connectivity index (χ0) is 13.6. The molecule has 0 radical (unpaired) electrons. The zero-order valence-electron chi connectivity index (χ0n) is 11.8. The first kappa shape index (κ1) is 14.7. The van der Waals surface area contributed by atoms with E-state index in [1.54, 1.807) is 7.11 Å². The number of ether oxygens (including phenoxy) is 1. The quantitative estimate of drug-likeness (QED) is 0.776. The third-order valence-corrected chi connectivity index (χ3v) is 2.83. The van der Waals surface area contributed by atoms with Gasteiger partial charge in [0.2, 0.25) is 5.88 Å². The summed E-state index contributed by atoms with van der Waals surface area (Å²) >= 11 is 0. The van der Waals surface area contributed by atoms with Crippen LogP contribution >= 0.6 is 0 Å². The smallest absolute Gasteiger partial charge is 0.218 e. The highest BCUT2D eigenvalue weighted by Gasteiger charge is 2.17. The van der Waals surface area contributed by atoms with Crippen molar-refractivity contribution in [2.24, 2.45) is 11.1 Å². The molecule has 0 aliphatic rings. The third-order valence-electron chi connectivity index (χ3n) is 2.83. The summed E-state index contributed by atoms with van der Waals surface area (Å²) in [7, 11) is 1.61. The monoisotopic (exact) mass is 252 g/mol. The summed E-state index contributed by atoms with van der Waals surface area (Å²) in [5.74, 6) is 2.10. The van der Waals surface area contributed by atoms with Gasteiger partial charge >= 0.3 is 0 Å². The van der Waals surface area contributed by atoms with E-state index in [0.717, 1.165) is 31.7 Å². The molecule has 0 atom stereocenters. The largest absolute Gasteiger partial charge is 0.481 e. The Hall–Kier alpha value is -1.36. The van der Waals surface area contributed by atoms with Gasteiger partial charge in [0, 0.05) is 12.6 Å². The molecular weight excluding hydrogens is 228 g/mol. The number of hydrogen-bond donors (Lipinski definition) is 2. The number of anilines is 1. The SMILES string of the molecule is COc1cc(NCC(C)(C)CCCN)nc(C)n1. The highest BCUT2D eigenvalue weighted by Crippen LogP contribution is 2.23. The van der Waals surface area contributed by atoms with Gasteiger partial charge in [0.1, 0.15) is 11.6 Å². The standard InChI is InChI=1S/C13H24N4O/c1-10-16-11(8-12(17-10)18-4)15-9-13(2,3)6-5-7-14/h8H,5-7,9,14H2,1-4H3,(H,15,16,17). The lowest BCUT2D eigenvalue weighted by molar-refractivity contribution is 0.349. The van der Waals surface area contributed by atoms with Gasteiger partial charge in [-0.2, -0.15) is 4.98 Å². The van der Waals surface area contributed by atoms with Gasteiger partial charge in [-0.25, -0.2) is 4.98 Å². The maximum atomic E-state index is 5.54. The van der Waals surface area contributed by atoms with Crippen molar-refractivity contribution in [3.05, 3.63) is 11.9 Å². The fourth-order valence-electron chi connectivity index (χ4n) is 1.73. The third kappa shape index (κ3) is 4.87. The van der Waals surface area contributed by atoms with Crippen molar-refractivity contribution in [1.29, 1.82) is 0 Å². The molecule has 0 aliphatic heterocycles. The zero-order valence-corrected chi connectivity index (χ0v) is 11.8. The minimum absolute atomic E-state index is 0.200. The van der Waals surface area contributed by atoms with Crippen molar-refractivity contribution in [3.8, 4) is 5.88 Å². The average Bonchev–Trinajstić information content (AvgIpc) is 2.33. The summed E-state index contributed by atoms with van der Waals surface area (Å²) in [6, 6.07) is 1.81. The molecule has 3 N–H and O–H groups in total. The Morgan fingerprint density at radius 2 is 2.11 bits per heavy atom. The van der Waals surface area contributed by atoms with Gasteiger partial charge in [0.25, 0.3) is 0 Å². The first-order valence-corrected chi connectivity index (χ1v) is 6.30. The predicted octanol–water partition coefficient (Wildman–Crippen LogP) is 1.97. The van der Waals surface area contributed by atoms with Crippen molar-refractivity contribution < 1.29 is 4.74 Å². The summed E-state index contributed by atoms with van der Waals surface area (Å²) in [4.78, 5) is 8.49. The molecule has 0 saturated carbocycles. The summed E-state index contributed by atoms with van der Waals surface area (Å²) in [6.07, 6.45) is 2.14. The summed E-state index contributed by atoms with van der Waals surface area (Å²) in [5.41, 5.74) is 5.74. The Balaban J connectivity index is 2.59. The minimum Gasteiger partial charge on any atom is -0.481 e. The van der Waals surface area contributed by atoms with Crippen LogP contribution in [0.4, 0.5) is 5.82 Å². The second-order valence-corrected chi connectivity index (χ2v) is 5.25. The Labute approximate surface area is 109 Å². The van der Waals surface area contributed by atoms with Crippen molar-refractivity contribution >= 4 is 5.82 Å². The van der Waals surface area contributed by atoms with Gasteiger partial charge < -0.3 is 15.8 Å². The molecule has 0 spiro atoms. The Morgan fingerprint density at radius 3 is 2.72 bits per heavy atom. The number of aromatic nitrogens is 2. The highest BCUT2D eigenvalue weighted by molar-refractivity contribution is 5.38. The molecule has 5 nitrogen and oxygen atoms in total. The van der Waals surface area contributed by atoms with E-state index in [2.05, 4.69) is 29.1 Å². The van der Waals surface area contributed by atoms with Gasteiger partial charge in [-0.05, 0) is 31.7 Å². The molecule has 1 aromatic rings. The van der Waals surface area contributed by atoms with Crippen molar-refractivity contribution in [3.63, 3.8) is 0 Å². The van der Waals surface area contributed by atoms with E-state index in [9.17, 15) is 0 Å². The van der Waals surface area contributed by atoms with Gasteiger partial charge in [-0.3, -0.25) is 0 Å². The van der Waals surface area contributed by atoms with Crippen molar-refractivity contribution in [1.82, 2.24) is 9.97 Å². The molecule has 102 valence electrons. The normalized spacial score (nSPS) is 11.4. The number of nitrogens with one attached hydrogen (secondary N) is 1. The van der Waals surface area contributed by atoms with Gasteiger partial charge in [0.15, 0.2) is 0 Å². The first-order valence-electron chi connectivity index (χ1n) is 6.30. The van der Waals surface area contributed by atoms with Gasteiger partial charge in [0.05, 0.1) is 7.11 Å². The number of aryl methyl sites for hydroxylation is 1. The number of methoxy groups -OCH3 is 1. The van der Waals surface area contributed by atoms with Crippen LogP contribution < -0.4 is 15.8 Å². The Kier molecular flexibility index (Phi) is 5.34. The summed E-state index contributed by atoms with van der Waals surface area (Å²) in [5, 5.41) is 3.34. The molecular formula is C13H24N4O. The number of nitrogens with two attached hydrogens (primary N) is 1. The van der Waals surface area contributed by atoms with Crippen LogP contribution in [0, 0.1) is 12.3 Å². The second kappa shape index (κ2) is 6.54. The van der Waals surface area contributed by atoms with Crippen LogP contribution in [0.5, 0.6) is 5.88 Å². The van der Waals surface area contributed by atoms with E-state index < -0.39 is 0 Å². The van der Waals surface area contributed by atoms with Crippen LogP contribution in [0.3, 0.4) is 0 Å². The molecule has 0 aromatic carbocycles. The lowest BCUT2D eigenvalue weighted by atomic mass is 9.88. The molecule has 1 heterocycles. The number of hydrogen-bond acceptors (Lipinski definition) is 5. The molecule has 0 bridgehead atoms. The lowest BCUT2D eigenvalue weighted by Crippen LogP contribution is -2.24. The second-order valence-electron chi connectivity index (χ2n) is 5.25. The minimum atomic E-state index is 0.200. The van der Waals surface area contributed by atoms with Crippen LogP contribution in [0.25, 0.3) is 0 Å². The van der Waals surface area contributed by atoms with Crippen LogP contribution in [0.1, 0.15) is 32.5 Å². The van der Waals surface area contributed by atoms with Gasteiger partial charge in [-0.1, -0.05) is 13.8 Å². The van der Waals surface area contributed by atoms with E-state index in [1.807, 2.05) is 13.0 Å². The number of rotatable bonds is 7. The van der Waals surface area contributed by atoms with E-state index in [0.29, 0.717) is 11.7 Å². The van der Waals surface area contributed by atoms with Crippen LogP contribution in [0.2, 0.25) is 0 Å². The van der Waals surface area contributed by atoms with Crippen molar-refractivity contribution in [2.75, 3.05) is 25.5 Å². The molecule has 0 fully saturated rings. The number of nitrogens with zero attached hydrogens (tertiary/aromatic N) is 2. The average molecular weight is 252 g/mol.